The summed E-state index contributed by atoms with van der Waals surface area (Å²) in [5.74, 6) is 0.551. The molecule has 1 aliphatic heterocycles. The van der Waals surface area contributed by atoms with Crippen molar-refractivity contribution in [2.75, 3.05) is 18.1 Å². The molecule has 1 aliphatic rings. The van der Waals surface area contributed by atoms with Gasteiger partial charge in [-0.25, -0.2) is 8.42 Å². The zero-order valence-corrected chi connectivity index (χ0v) is 11.6. The van der Waals surface area contributed by atoms with Gasteiger partial charge >= 0.3 is 0 Å². The maximum atomic E-state index is 11.7. The van der Waals surface area contributed by atoms with Crippen LogP contribution in [0.25, 0.3) is 0 Å². The second-order valence-corrected chi connectivity index (χ2v) is 7.23. The van der Waals surface area contributed by atoms with Crippen LogP contribution in [0.2, 0.25) is 0 Å². The Morgan fingerprint density at radius 3 is 3.00 bits per heavy atom. The van der Waals surface area contributed by atoms with Crippen molar-refractivity contribution < 1.29 is 8.42 Å². The van der Waals surface area contributed by atoms with Gasteiger partial charge in [-0.3, -0.25) is 4.68 Å². The van der Waals surface area contributed by atoms with Crippen LogP contribution >= 0.6 is 0 Å². The molecule has 2 rings (SSSR count). The molecule has 1 saturated heterocycles. The predicted octanol–water partition coefficient (Wildman–Crippen LogP) is 0.833. The van der Waals surface area contributed by atoms with Gasteiger partial charge in [0.25, 0.3) is 0 Å². The van der Waals surface area contributed by atoms with Crippen molar-refractivity contribution in [3.8, 4) is 0 Å². The van der Waals surface area contributed by atoms with E-state index >= 15 is 0 Å². The van der Waals surface area contributed by atoms with E-state index in [2.05, 4.69) is 5.10 Å². The molecule has 0 bridgehead atoms. The lowest BCUT2D eigenvalue weighted by Crippen LogP contribution is -2.28. The summed E-state index contributed by atoms with van der Waals surface area (Å²) in [6.07, 6.45) is 5.35. The van der Waals surface area contributed by atoms with Gasteiger partial charge in [0, 0.05) is 5.69 Å². The van der Waals surface area contributed by atoms with E-state index in [0.29, 0.717) is 12.3 Å². The maximum Gasteiger partial charge on any atom is 0.152 e. The summed E-state index contributed by atoms with van der Waals surface area (Å²) in [6.45, 7) is 2.68. The molecule has 0 amide bonds. The van der Waals surface area contributed by atoms with Gasteiger partial charge in [-0.15, -0.1) is 0 Å². The molecule has 0 spiro atoms. The Balaban J connectivity index is 2.16. The quantitative estimate of drug-likeness (QED) is 0.880. The molecule has 6 heteroatoms. The normalized spacial score (nSPS) is 23.1. The lowest BCUT2D eigenvalue weighted by Gasteiger charge is -2.23. The molecule has 1 fully saturated rings. The van der Waals surface area contributed by atoms with Crippen molar-refractivity contribution in [2.24, 2.45) is 5.73 Å². The fraction of sp³-hybridized carbons (Fsp3) is 0.750. The fourth-order valence-electron chi connectivity index (χ4n) is 2.56. The predicted molar refractivity (Wildman–Crippen MR) is 71.3 cm³/mol. The molecule has 0 radical (unpaired) electrons. The van der Waals surface area contributed by atoms with Crippen LogP contribution in [-0.4, -0.2) is 36.2 Å². The highest BCUT2D eigenvalue weighted by molar-refractivity contribution is 7.91. The molecular formula is C12H21N3O2S. The first-order chi connectivity index (χ1) is 8.53. The number of sulfone groups is 1. The van der Waals surface area contributed by atoms with Gasteiger partial charge in [0.2, 0.25) is 0 Å². The number of nitrogens with zero attached hydrogens (tertiary/aromatic N) is 2. The van der Waals surface area contributed by atoms with Gasteiger partial charge in [-0.2, -0.15) is 5.10 Å². The van der Waals surface area contributed by atoms with E-state index < -0.39 is 9.84 Å². The van der Waals surface area contributed by atoms with Crippen molar-refractivity contribution in [2.45, 2.75) is 38.6 Å². The van der Waals surface area contributed by atoms with Crippen LogP contribution < -0.4 is 5.73 Å². The maximum absolute atomic E-state index is 11.7. The highest BCUT2D eigenvalue weighted by Crippen LogP contribution is 2.25. The third kappa shape index (κ3) is 2.92. The largest absolute Gasteiger partial charge is 0.330 e. The monoisotopic (exact) mass is 271 g/mol. The number of hydrogen-bond donors (Lipinski definition) is 1. The van der Waals surface area contributed by atoms with Crippen LogP contribution in [0.15, 0.2) is 6.20 Å². The first-order valence-corrected chi connectivity index (χ1v) is 8.29. The molecule has 1 unspecified atom stereocenters. The van der Waals surface area contributed by atoms with Gasteiger partial charge in [0.05, 0.1) is 23.7 Å². The third-order valence-corrected chi connectivity index (χ3v) is 5.38. The van der Waals surface area contributed by atoms with Crippen LogP contribution in [0.5, 0.6) is 0 Å². The molecule has 102 valence electrons. The van der Waals surface area contributed by atoms with E-state index in [1.54, 1.807) is 0 Å². The van der Waals surface area contributed by atoms with E-state index in [-0.39, 0.29) is 11.8 Å². The SMILES string of the molecule is Cc1c(CCCN)cnn1C1CCCS(=O)(=O)C1. The van der Waals surface area contributed by atoms with Crippen LogP contribution in [0.3, 0.4) is 0 Å². The number of aromatic nitrogens is 2. The van der Waals surface area contributed by atoms with E-state index in [1.165, 1.54) is 5.56 Å². The molecule has 1 aromatic heterocycles. The Hall–Kier alpha value is -0.880. The summed E-state index contributed by atoms with van der Waals surface area (Å²) in [5.41, 5.74) is 7.78. The van der Waals surface area contributed by atoms with Crippen molar-refractivity contribution in [1.29, 1.82) is 0 Å². The van der Waals surface area contributed by atoms with Gasteiger partial charge in [0.1, 0.15) is 0 Å². The molecule has 1 atom stereocenters. The summed E-state index contributed by atoms with van der Waals surface area (Å²) in [6, 6.07) is 0.00961. The van der Waals surface area contributed by atoms with Crippen LogP contribution in [-0.2, 0) is 16.3 Å². The topological polar surface area (TPSA) is 78.0 Å². The van der Waals surface area contributed by atoms with Gasteiger partial charge in [0.15, 0.2) is 9.84 Å². The third-order valence-electron chi connectivity index (χ3n) is 3.58. The van der Waals surface area contributed by atoms with Crippen molar-refractivity contribution in [1.82, 2.24) is 9.78 Å². The Bertz CT molecular complexity index is 507. The number of hydrogen-bond acceptors (Lipinski definition) is 4. The molecule has 18 heavy (non-hydrogen) atoms. The van der Waals surface area contributed by atoms with Gasteiger partial charge < -0.3 is 5.73 Å². The molecule has 0 saturated carbocycles. The Morgan fingerprint density at radius 1 is 1.56 bits per heavy atom. The van der Waals surface area contributed by atoms with Gasteiger partial charge in [-0.05, 0) is 44.7 Å². The number of aryl methyl sites for hydroxylation is 1. The minimum absolute atomic E-state index is 0.00961. The molecule has 0 aromatic carbocycles. The van der Waals surface area contributed by atoms with Crippen LogP contribution in [0, 0.1) is 6.92 Å². The van der Waals surface area contributed by atoms with Crippen molar-refractivity contribution in [3.63, 3.8) is 0 Å². The summed E-state index contributed by atoms with van der Waals surface area (Å²) in [5, 5.41) is 4.37. The lowest BCUT2D eigenvalue weighted by molar-refractivity contribution is 0.427. The van der Waals surface area contributed by atoms with Crippen molar-refractivity contribution in [3.05, 3.63) is 17.5 Å². The highest BCUT2D eigenvalue weighted by Gasteiger charge is 2.27. The summed E-state index contributed by atoms with van der Waals surface area (Å²) >= 11 is 0. The zero-order valence-electron chi connectivity index (χ0n) is 10.8. The summed E-state index contributed by atoms with van der Waals surface area (Å²) < 4.78 is 25.2. The fourth-order valence-corrected chi connectivity index (χ4v) is 4.22. The standard InChI is InChI=1S/C12H21N3O2S/c1-10-11(4-2-6-13)8-14-15(10)12-5-3-7-18(16,17)9-12/h8,12H,2-7,9,13H2,1H3. The highest BCUT2D eigenvalue weighted by atomic mass is 32.2. The minimum Gasteiger partial charge on any atom is -0.330 e. The lowest BCUT2D eigenvalue weighted by atomic mass is 10.1. The second-order valence-electron chi connectivity index (χ2n) is 5.00. The Morgan fingerprint density at radius 2 is 2.33 bits per heavy atom. The first kappa shape index (κ1) is 13.5. The van der Waals surface area contributed by atoms with E-state index in [4.69, 9.17) is 5.73 Å². The average molecular weight is 271 g/mol. The Kier molecular flexibility index (Phi) is 4.07. The summed E-state index contributed by atoms with van der Waals surface area (Å²) in [4.78, 5) is 0. The summed E-state index contributed by atoms with van der Waals surface area (Å²) in [7, 11) is -2.89. The van der Waals surface area contributed by atoms with Crippen LogP contribution in [0.4, 0.5) is 0 Å². The molecular weight excluding hydrogens is 250 g/mol. The van der Waals surface area contributed by atoms with E-state index in [1.807, 2.05) is 17.8 Å². The second kappa shape index (κ2) is 5.40. The first-order valence-electron chi connectivity index (χ1n) is 6.47. The number of nitrogens with two attached hydrogens (primary N) is 1. The average Bonchev–Trinajstić information content (AvgIpc) is 2.67. The zero-order chi connectivity index (χ0) is 13.2. The smallest absolute Gasteiger partial charge is 0.152 e. The molecule has 1 aromatic rings. The molecule has 0 aliphatic carbocycles. The van der Waals surface area contributed by atoms with Crippen LogP contribution in [0.1, 0.15) is 36.6 Å². The molecule has 2 heterocycles. The van der Waals surface area contributed by atoms with Crippen molar-refractivity contribution >= 4 is 9.84 Å². The van der Waals surface area contributed by atoms with E-state index in [0.717, 1.165) is 31.4 Å². The molecule has 2 N–H and O–H groups in total. The number of rotatable bonds is 4. The Labute approximate surface area is 108 Å². The minimum atomic E-state index is -2.89. The molecule has 5 nitrogen and oxygen atoms in total. The van der Waals surface area contributed by atoms with E-state index in [9.17, 15) is 8.42 Å². The van der Waals surface area contributed by atoms with Gasteiger partial charge in [-0.1, -0.05) is 0 Å².